The SMILES string of the molecule is Cc1ccc(O)c(S)c1Cl. The van der Waals surface area contributed by atoms with Crippen molar-refractivity contribution in [3.8, 4) is 5.75 Å². The van der Waals surface area contributed by atoms with Crippen molar-refractivity contribution in [2.75, 3.05) is 0 Å². The first-order chi connectivity index (χ1) is 4.63. The molecular formula is C7H7ClOS. The van der Waals surface area contributed by atoms with Gasteiger partial charge in [0.05, 0.1) is 9.92 Å². The number of aromatic hydroxyl groups is 1. The Balaban J connectivity index is 3.34. The van der Waals surface area contributed by atoms with E-state index in [1.165, 1.54) is 0 Å². The Bertz CT molecular complexity index is 233. The van der Waals surface area contributed by atoms with E-state index in [9.17, 15) is 0 Å². The summed E-state index contributed by atoms with van der Waals surface area (Å²) in [5.74, 6) is 0.124. The summed E-state index contributed by atoms with van der Waals surface area (Å²) in [6.07, 6.45) is 0. The molecule has 10 heavy (non-hydrogen) atoms. The molecule has 1 aromatic rings. The van der Waals surface area contributed by atoms with E-state index in [1.807, 2.05) is 6.92 Å². The minimum Gasteiger partial charge on any atom is -0.507 e. The monoisotopic (exact) mass is 174 g/mol. The van der Waals surface area contributed by atoms with Gasteiger partial charge < -0.3 is 5.11 Å². The lowest BCUT2D eigenvalue weighted by atomic mass is 10.2. The second kappa shape index (κ2) is 2.72. The lowest BCUT2D eigenvalue weighted by Gasteiger charge is -2.01. The Morgan fingerprint density at radius 2 is 2.10 bits per heavy atom. The summed E-state index contributed by atoms with van der Waals surface area (Å²) in [6, 6.07) is 3.32. The van der Waals surface area contributed by atoms with Gasteiger partial charge in [0.1, 0.15) is 5.75 Å². The van der Waals surface area contributed by atoms with Gasteiger partial charge in [-0.15, -0.1) is 12.6 Å². The molecule has 0 bridgehead atoms. The van der Waals surface area contributed by atoms with Gasteiger partial charge >= 0.3 is 0 Å². The van der Waals surface area contributed by atoms with Crippen molar-refractivity contribution in [2.45, 2.75) is 11.8 Å². The molecule has 0 aliphatic rings. The van der Waals surface area contributed by atoms with Gasteiger partial charge in [-0.1, -0.05) is 17.7 Å². The molecule has 0 radical (unpaired) electrons. The zero-order valence-electron chi connectivity index (χ0n) is 5.43. The van der Waals surface area contributed by atoms with Gasteiger partial charge in [0.25, 0.3) is 0 Å². The van der Waals surface area contributed by atoms with Crippen LogP contribution in [0.15, 0.2) is 17.0 Å². The fourth-order valence-electron chi connectivity index (χ4n) is 0.655. The van der Waals surface area contributed by atoms with Gasteiger partial charge in [-0.3, -0.25) is 0 Å². The fourth-order valence-corrected chi connectivity index (χ4v) is 1.07. The highest BCUT2D eigenvalue weighted by molar-refractivity contribution is 7.80. The van der Waals surface area contributed by atoms with Crippen LogP contribution in [0.4, 0.5) is 0 Å². The summed E-state index contributed by atoms with van der Waals surface area (Å²) in [4.78, 5) is 0.446. The third kappa shape index (κ3) is 1.22. The molecule has 0 fully saturated rings. The molecule has 0 aliphatic heterocycles. The summed E-state index contributed by atoms with van der Waals surface area (Å²) in [6.45, 7) is 1.86. The first-order valence-electron chi connectivity index (χ1n) is 2.80. The van der Waals surface area contributed by atoms with Crippen LogP contribution in [0.2, 0.25) is 5.02 Å². The Morgan fingerprint density at radius 3 is 2.60 bits per heavy atom. The Kier molecular flexibility index (Phi) is 2.11. The third-order valence-electron chi connectivity index (χ3n) is 1.29. The minimum absolute atomic E-state index is 0.124. The van der Waals surface area contributed by atoms with Crippen LogP contribution in [-0.4, -0.2) is 5.11 Å². The van der Waals surface area contributed by atoms with Gasteiger partial charge in [0, 0.05) is 0 Å². The third-order valence-corrected chi connectivity index (χ3v) is 2.36. The average molecular weight is 175 g/mol. The Hall–Kier alpha value is -0.340. The van der Waals surface area contributed by atoms with Crippen molar-refractivity contribution in [2.24, 2.45) is 0 Å². The van der Waals surface area contributed by atoms with E-state index in [4.69, 9.17) is 16.7 Å². The number of rotatable bonds is 0. The second-order valence-electron chi connectivity index (χ2n) is 2.06. The number of phenolic OH excluding ortho intramolecular Hbond substituents is 1. The second-order valence-corrected chi connectivity index (χ2v) is 2.89. The molecule has 0 aliphatic carbocycles. The average Bonchev–Trinajstić information content (AvgIpc) is 1.93. The maximum absolute atomic E-state index is 9.06. The van der Waals surface area contributed by atoms with Crippen LogP contribution in [-0.2, 0) is 0 Å². The molecule has 0 spiro atoms. The van der Waals surface area contributed by atoms with Crippen molar-refractivity contribution < 1.29 is 5.11 Å². The number of aryl methyl sites for hydroxylation is 1. The number of phenols is 1. The quantitative estimate of drug-likeness (QED) is 0.580. The number of hydrogen-bond donors (Lipinski definition) is 2. The summed E-state index contributed by atoms with van der Waals surface area (Å²) in [7, 11) is 0. The lowest BCUT2D eigenvalue weighted by Crippen LogP contribution is -1.77. The highest BCUT2D eigenvalue weighted by atomic mass is 35.5. The predicted octanol–water partition coefficient (Wildman–Crippen LogP) is 2.64. The van der Waals surface area contributed by atoms with Crippen molar-refractivity contribution in [1.29, 1.82) is 0 Å². The van der Waals surface area contributed by atoms with Crippen molar-refractivity contribution in [3.05, 3.63) is 22.7 Å². The van der Waals surface area contributed by atoms with Crippen LogP contribution >= 0.6 is 24.2 Å². The lowest BCUT2D eigenvalue weighted by molar-refractivity contribution is 0.462. The van der Waals surface area contributed by atoms with Crippen LogP contribution in [0, 0.1) is 6.92 Å². The summed E-state index contributed by atoms with van der Waals surface area (Å²) < 4.78 is 0. The largest absolute Gasteiger partial charge is 0.507 e. The van der Waals surface area contributed by atoms with E-state index < -0.39 is 0 Å². The fraction of sp³-hybridized carbons (Fsp3) is 0.143. The number of hydrogen-bond acceptors (Lipinski definition) is 2. The van der Waals surface area contributed by atoms with E-state index in [2.05, 4.69) is 12.6 Å². The number of benzene rings is 1. The van der Waals surface area contributed by atoms with E-state index in [-0.39, 0.29) is 5.75 Å². The van der Waals surface area contributed by atoms with E-state index >= 15 is 0 Å². The molecule has 0 unspecified atom stereocenters. The Morgan fingerprint density at radius 1 is 1.50 bits per heavy atom. The van der Waals surface area contributed by atoms with E-state index in [0.29, 0.717) is 9.92 Å². The molecule has 0 atom stereocenters. The van der Waals surface area contributed by atoms with E-state index in [0.717, 1.165) is 5.56 Å². The number of thiol groups is 1. The zero-order chi connectivity index (χ0) is 7.72. The molecule has 1 aromatic carbocycles. The van der Waals surface area contributed by atoms with E-state index in [1.54, 1.807) is 12.1 Å². The summed E-state index contributed by atoms with van der Waals surface area (Å²) in [5, 5.41) is 9.58. The highest BCUT2D eigenvalue weighted by Gasteiger charge is 2.03. The number of halogens is 1. The molecule has 1 nitrogen and oxygen atoms in total. The highest BCUT2D eigenvalue weighted by Crippen LogP contribution is 2.31. The summed E-state index contributed by atoms with van der Waals surface area (Å²) in [5.41, 5.74) is 0.921. The van der Waals surface area contributed by atoms with Crippen molar-refractivity contribution in [1.82, 2.24) is 0 Å². The van der Waals surface area contributed by atoms with Gasteiger partial charge in [0.2, 0.25) is 0 Å². The molecule has 1 rings (SSSR count). The molecule has 0 heterocycles. The van der Waals surface area contributed by atoms with Crippen LogP contribution < -0.4 is 0 Å². The molecular weight excluding hydrogens is 168 g/mol. The van der Waals surface area contributed by atoms with Crippen LogP contribution in [0.1, 0.15) is 5.56 Å². The standard InChI is InChI=1S/C7H7ClOS/c1-4-2-3-5(9)7(10)6(4)8/h2-3,9-10H,1H3. The van der Waals surface area contributed by atoms with Gasteiger partial charge in [0.15, 0.2) is 0 Å². The topological polar surface area (TPSA) is 20.2 Å². The maximum atomic E-state index is 9.06. The zero-order valence-corrected chi connectivity index (χ0v) is 7.08. The van der Waals surface area contributed by atoms with Crippen molar-refractivity contribution in [3.63, 3.8) is 0 Å². The first kappa shape index (κ1) is 7.76. The molecule has 0 saturated carbocycles. The van der Waals surface area contributed by atoms with Gasteiger partial charge in [-0.2, -0.15) is 0 Å². The van der Waals surface area contributed by atoms with Gasteiger partial charge in [-0.25, -0.2) is 0 Å². The Labute approximate surface area is 70.0 Å². The molecule has 1 N–H and O–H groups in total. The van der Waals surface area contributed by atoms with Crippen molar-refractivity contribution >= 4 is 24.2 Å². The molecule has 54 valence electrons. The van der Waals surface area contributed by atoms with Crippen LogP contribution in [0.25, 0.3) is 0 Å². The van der Waals surface area contributed by atoms with Gasteiger partial charge in [-0.05, 0) is 18.6 Å². The molecule has 0 aromatic heterocycles. The maximum Gasteiger partial charge on any atom is 0.130 e. The molecule has 0 saturated heterocycles. The van der Waals surface area contributed by atoms with Crippen LogP contribution in [0.5, 0.6) is 5.75 Å². The predicted molar refractivity (Wildman–Crippen MR) is 45.1 cm³/mol. The normalized spacial score (nSPS) is 9.90. The van der Waals surface area contributed by atoms with Crippen LogP contribution in [0.3, 0.4) is 0 Å². The first-order valence-corrected chi connectivity index (χ1v) is 3.62. The smallest absolute Gasteiger partial charge is 0.130 e. The minimum atomic E-state index is 0.124. The summed E-state index contributed by atoms with van der Waals surface area (Å²) >= 11 is 9.75. The molecule has 0 amide bonds. The molecule has 3 heteroatoms.